The maximum atomic E-state index is 11.3. The maximum absolute atomic E-state index is 11.3. The van der Waals surface area contributed by atoms with Gasteiger partial charge in [0.1, 0.15) is 0 Å². The van der Waals surface area contributed by atoms with Gasteiger partial charge in [0.25, 0.3) is 0 Å². The highest BCUT2D eigenvalue weighted by molar-refractivity contribution is 5.71. The summed E-state index contributed by atoms with van der Waals surface area (Å²) in [5.74, 6) is -1.16. The molecule has 2 rings (SSSR count). The number of ether oxygens (including phenoxy) is 1. The van der Waals surface area contributed by atoms with E-state index in [9.17, 15) is 9.90 Å². The minimum atomic E-state index is -0.752. The number of hydrogen-bond donors (Lipinski definition) is 1. The highest BCUT2D eigenvalue weighted by Gasteiger charge is 2.38. The van der Waals surface area contributed by atoms with Crippen LogP contribution in [0.25, 0.3) is 0 Å². The Morgan fingerprint density at radius 1 is 1.40 bits per heavy atom. The topological polar surface area (TPSA) is 49.8 Å². The summed E-state index contributed by atoms with van der Waals surface area (Å²) in [7, 11) is 0. The molecule has 1 saturated heterocycles. The first-order valence-electron chi connectivity index (χ1n) is 7.23. The van der Waals surface area contributed by atoms with Gasteiger partial charge >= 0.3 is 5.97 Å². The number of carbonyl (C=O) groups is 1. The number of hydrogen-bond acceptors (Lipinski definition) is 3. The normalized spacial score (nSPS) is 23.9. The van der Waals surface area contributed by atoms with Gasteiger partial charge in [-0.2, -0.15) is 0 Å². The standard InChI is InChI=1S/C16H23NO3/c1-3-17(15-11-20-10-14(15)16(18)19)12(2)9-13-7-5-4-6-8-13/h4-8,12,14-15H,3,9-11H2,1-2H3,(H,18,19). The van der Waals surface area contributed by atoms with E-state index in [2.05, 4.69) is 30.9 Å². The highest BCUT2D eigenvalue weighted by atomic mass is 16.5. The number of carboxylic acid groups (broad SMARTS) is 1. The molecule has 20 heavy (non-hydrogen) atoms. The van der Waals surface area contributed by atoms with Crippen molar-refractivity contribution in [1.82, 2.24) is 4.90 Å². The number of benzene rings is 1. The third-order valence-corrected chi connectivity index (χ3v) is 4.10. The average Bonchev–Trinajstić information content (AvgIpc) is 2.90. The molecule has 3 unspecified atom stereocenters. The van der Waals surface area contributed by atoms with Crippen molar-refractivity contribution >= 4 is 5.97 Å². The Kier molecular flexibility index (Phi) is 5.15. The van der Waals surface area contributed by atoms with Crippen LogP contribution in [0.15, 0.2) is 30.3 Å². The van der Waals surface area contributed by atoms with Crippen LogP contribution in [0.2, 0.25) is 0 Å². The Morgan fingerprint density at radius 3 is 2.70 bits per heavy atom. The molecule has 0 saturated carbocycles. The van der Waals surface area contributed by atoms with Crippen LogP contribution in [-0.2, 0) is 16.0 Å². The van der Waals surface area contributed by atoms with E-state index in [0.29, 0.717) is 19.3 Å². The molecule has 1 aliphatic heterocycles. The summed E-state index contributed by atoms with van der Waals surface area (Å²) in [6.45, 7) is 5.93. The van der Waals surface area contributed by atoms with Gasteiger partial charge in [-0.05, 0) is 25.5 Å². The SMILES string of the molecule is CCN(C(C)Cc1ccccc1)C1COCC1C(=O)O. The van der Waals surface area contributed by atoms with E-state index in [1.165, 1.54) is 5.56 Å². The zero-order valence-electron chi connectivity index (χ0n) is 12.2. The number of carboxylic acids is 1. The van der Waals surface area contributed by atoms with Gasteiger partial charge in [-0.25, -0.2) is 0 Å². The van der Waals surface area contributed by atoms with Crippen LogP contribution in [0, 0.1) is 5.92 Å². The predicted molar refractivity (Wildman–Crippen MR) is 77.7 cm³/mol. The second-order valence-electron chi connectivity index (χ2n) is 5.42. The summed E-state index contributed by atoms with van der Waals surface area (Å²) < 4.78 is 5.39. The number of aliphatic carboxylic acids is 1. The van der Waals surface area contributed by atoms with Crippen LogP contribution >= 0.6 is 0 Å². The summed E-state index contributed by atoms with van der Waals surface area (Å²) in [5.41, 5.74) is 1.28. The Hall–Kier alpha value is -1.39. The van der Waals surface area contributed by atoms with Crippen molar-refractivity contribution in [2.75, 3.05) is 19.8 Å². The molecule has 0 aliphatic carbocycles. The maximum Gasteiger partial charge on any atom is 0.310 e. The summed E-state index contributed by atoms with van der Waals surface area (Å²) in [4.78, 5) is 13.6. The molecule has 1 fully saturated rings. The van der Waals surface area contributed by atoms with Gasteiger partial charge in [0.05, 0.1) is 19.1 Å². The molecule has 0 bridgehead atoms. The van der Waals surface area contributed by atoms with Crippen molar-refractivity contribution in [3.63, 3.8) is 0 Å². The number of likely N-dealkylation sites (N-methyl/N-ethyl adjacent to an activating group) is 1. The van der Waals surface area contributed by atoms with Crippen LogP contribution in [0.5, 0.6) is 0 Å². The number of nitrogens with zero attached hydrogens (tertiary/aromatic N) is 1. The van der Waals surface area contributed by atoms with Crippen molar-refractivity contribution in [2.45, 2.75) is 32.4 Å². The van der Waals surface area contributed by atoms with Gasteiger partial charge < -0.3 is 9.84 Å². The molecule has 4 nitrogen and oxygen atoms in total. The van der Waals surface area contributed by atoms with Crippen LogP contribution in [0.4, 0.5) is 0 Å². The first-order valence-corrected chi connectivity index (χ1v) is 7.23. The highest BCUT2D eigenvalue weighted by Crippen LogP contribution is 2.23. The van der Waals surface area contributed by atoms with Crippen molar-refractivity contribution in [2.24, 2.45) is 5.92 Å². The molecule has 0 aromatic heterocycles. The second kappa shape index (κ2) is 6.86. The molecule has 1 aliphatic rings. The average molecular weight is 277 g/mol. The molecular weight excluding hydrogens is 254 g/mol. The number of rotatable bonds is 6. The zero-order valence-corrected chi connectivity index (χ0v) is 12.2. The van der Waals surface area contributed by atoms with Crippen LogP contribution in [0.1, 0.15) is 19.4 Å². The third-order valence-electron chi connectivity index (χ3n) is 4.10. The monoisotopic (exact) mass is 277 g/mol. The van der Waals surface area contributed by atoms with Gasteiger partial charge in [-0.15, -0.1) is 0 Å². The summed E-state index contributed by atoms with van der Waals surface area (Å²) in [5, 5.41) is 9.29. The van der Waals surface area contributed by atoms with Gasteiger partial charge in [0.15, 0.2) is 0 Å². The third kappa shape index (κ3) is 3.38. The quantitative estimate of drug-likeness (QED) is 0.864. The Bertz CT molecular complexity index is 435. The fourth-order valence-corrected chi connectivity index (χ4v) is 3.05. The molecule has 3 atom stereocenters. The van der Waals surface area contributed by atoms with Gasteiger partial charge in [0.2, 0.25) is 0 Å². The van der Waals surface area contributed by atoms with E-state index < -0.39 is 11.9 Å². The molecule has 0 radical (unpaired) electrons. The Labute approximate surface area is 120 Å². The molecule has 1 N–H and O–H groups in total. The molecule has 0 amide bonds. The van der Waals surface area contributed by atoms with E-state index in [-0.39, 0.29) is 6.04 Å². The lowest BCUT2D eigenvalue weighted by Crippen LogP contribution is -2.48. The molecule has 4 heteroatoms. The first kappa shape index (κ1) is 15.0. The predicted octanol–water partition coefficient (Wildman–Crippen LogP) is 2.04. The minimum absolute atomic E-state index is 0.0174. The van der Waals surface area contributed by atoms with Gasteiger partial charge in [-0.1, -0.05) is 37.3 Å². The summed E-state index contributed by atoms with van der Waals surface area (Å²) in [6, 6.07) is 10.6. The van der Waals surface area contributed by atoms with Crippen molar-refractivity contribution < 1.29 is 14.6 Å². The summed E-state index contributed by atoms with van der Waals surface area (Å²) in [6.07, 6.45) is 0.928. The lowest BCUT2D eigenvalue weighted by molar-refractivity contribution is -0.143. The molecular formula is C16H23NO3. The smallest absolute Gasteiger partial charge is 0.310 e. The van der Waals surface area contributed by atoms with Gasteiger partial charge in [-0.3, -0.25) is 9.69 Å². The lowest BCUT2D eigenvalue weighted by atomic mass is 9.98. The van der Waals surface area contributed by atoms with E-state index >= 15 is 0 Å². The van der Waals surface area contributed by atoms with E-state index in [4.69, 9.17) is 4.74 Å². The van der Waals surface area contributed by atoms with E-state index in [1.54, 1.807) is 0 Å². The Balaban J connectivity index is 2.05. The molecule has 1 aromatic rings. The van der Waals surface area contributed by atoms with E-state index in [0.717, 1.165) is 13.0 Å². The Morgan fingerprint density at radius 2 is 2.10 bits per heavy atom. The summed E-state index contributed by atoms with van der Waals surface area (Å²) >= 11 is 0. The van der Waals surface area contributed by atoms with Gasteiger partial charge in [0, 0.05) is 12.1 Å². The largest absolute Gasteiger partial charge is 0.481 e. The molecule has 1 aromatic carbocycles. The van der Waals surface area contributed by atoms with Crippen LogP contribution in [-0.4, -0.2) is 47.8 Å². The lowest BCUT2D eigenvalue weighted by Gasteiger charge is -2.34. The molecule has 110 valence electrons. The van der Waals surface area contributed by atoms with Crippen molar-refractivity contribution in [1.29, 1.82) is 0 Å². The van der Waals surface area contributed by atoms with Crippen LogP contribution in [0.3, 0.4) is 0 Å². The zero-order chi connectivity index (χ0) is 14.5. The first-order chi connectivity index (χ1) is 9.63. The van der Waals surface area contributed by atoms with Crippen molar-refractivity contribution in [3.8, 4) is 0 Å². The minimum Gasteiger partial charge on any atom is -0.481 e. The van der Waals surface area contributed by atoms with Crippen LogP contribution < -0.4 is 0 Å². The van der Waals surface area contributed by atoms with E-state index in [1.807, 2.05) is 18.2 Å². The molecule has 0 spiro atoms. The van der Waals surface area contributed by atoms with Crippen molar-refractivity contribution in [3.05, 3.63) is 35.9 Å². The molecule has 1 heterocycles. The fraction of sp³-hybridized carbons (Fsp3) is 0.562. The fourth-order valence-electron chi connectivity index (χ4n) is 3.05. The second-order valence-corrected chi connectivity index (χ2v) is 5.42.